The van der Waals surface area contributed by atoms with Crippen molar-refractivity contribution in [1.82, 2.24) is 0 Å². The molecule has 0 aromatic heterocycles. The minimum absolute atomic E-state index is 0.0877. The van der Waals surface area contributed by atoms with Gasteiger partial charge >= 0.3 is 5.97 Å². The van der Waals surface area contributed by atoms with Crippen LogP contribution in [0.1, 0.15) is 74.7 Å². The zero-order valence-corrected chi connectivity index (χ0v) is 22.5. The summed E-state index contributed by atoms with van der Waals surface area (Å²) in [6.45, 7) is 16.1. The number of rotatable bonds is 13. The molecule has 1 heterocycles. The zero-order valence-electron chi connectivity index (χ0n) is 22.5. The largest absolute Gasteiger partial charge is 0.454 e. The highest BCUT2D eigenvalue weighted by Gasteiger charge is 2.28. The van der Waals surface area contributed by atoms with Crippen LogP contribution in [0.3, 0.4) is 0 Å². The fourth-order valence-corrected chi connectivity index (χ4v) is 4.10. The maximum absolute atomic E-state index is 12.7. The Morgan fingerprint density at radius 3 is 2.44 bits per heavy atom. The molecule has 0 aromatic rings. The molecular weight excluding hydrogens is 424 g/mol. The Balaban J connectivity index is 2.67. The first kappa shape index (κ1) is 29.8. The molecule has 1 aliphatic rings. The molecule has 0 aliphatic carbocycles. The fraction of sp³-hybridized carbons (Fsp3) is 0.600. The van der Waals surface area contributed by atoms with Crippen molar-refractivity contribution in [2.24, 2.45) is 29.6 Å². The lowest BCUT2D eigenvalue weighted by molar-refractivity contribution is -0.143. The number of allylic oxidation sites excluding steroid dienone is 7. The van der Waals surface area contributed by atoms with Crippen LogP contribution in [0.15, 0.2) is 59.8 Å². The summed E-state index contributed by atoms with van der Waals surface area (Å²) in [6, 6.07) is 0. The number of aliphatic hydroxyl groups excluding tert-OH is 1. The van der Waals surface area contributed by atoms with Crippen LogP contribution in [0.25, 0.3) is 0 Å². The van der Waals surface area contributed by atoms with Crippen LogP contribution in [-0.2, 0) is 14.3 Å². The zero-order chi connectivity index (χ0) is 25.8. The first-order chi connectivity index (χ1) is 16.0. The highest BCUT2D eigenvalue weighted by Crippen LogP contribution is 2.22. The lowest BCUT2D eigenvalue weighted by atomic mass is 9.84. The van der Waals surface area contributed by atoms with Crippen LogP contribution in [0, 0.1) is 29.6 Å². The van der Waals surface area contributed by atoms with E-state index in [2.05, 4.69) is 38.2 Å². The number of ketones is 1. The van der Waals surface area contributed by atoms with E-state index in [0.717, 1.165) is 24.8 Å². The molecule has 0 unspecified atom stereocenters. The SMILES string of the molecule is CCC(=C/[C@H](C)C/C=C/C(C)=C/[C@@H](C)C(=O)[C@@H](C)[C@H](O)[C@@H](C)CC)/C=C/[C@H]1OC(=O)C=C[C@@H]1C. The average Bonchev–Trinajstić information content (AvgIpc) is 2.81. The Labute approximate surface area is 207 Å². The normalized spacial score (nSPS) is 24.2. The number of Topliss-reactive ketones (excluding diaryl/α,β-unsaturated/α-hetero) is 1. The molecule has 4 nitrogen and oxygen atoms in total. The summed E-state index contributed by atoms with van der Waals surface area (Å²) in [6.07, 6.45) is 17.8. The third-order valence-electron chi connectivity index (χ3n) is 6.75. The van der Waals surface area contributed by atoms with Gasteiger partial charge in [0.15, 0.2) is 0 Å². The Morgan fingerprint density at radius 2 is 1.82 bits per heavy atom. The van der Waals surface area contributed by atoms with Crippen molar-refractivity contribution in [3.8, 4) is 0 Å². The van der Waals surface area contributed by atoms with E-state index in [1.807, 2.05) is 59.8 Å². The average molecular weight is 471 g/mol. The number of esters is 1. The molecule has 0 amide bonds. The van der Waals surface area contributed by atoms with Gasteiger partial charge in [-0.05, 0) is 37.7 Å². The van der Waals surface area contributed by atoms with Crippen molar-refractivity contribution >= 4 is 11.8 Å². The maximum Gasteiger partial charge on any atom is 0.331 e. The standard InChI is InChI=1S/C30H46O4/c1-9-22(5)29(32)25(8)30(33)24(7)18-20(3)12-11-13-21(4)19-26(10-2)15-16-27-23(6)14-17-28(31)34-27/h11-12,14-19,21-25,27,29,32H,9-10,13H2,1-8H3/b12-11+,16-15+,20-18+,26-19-/t21-,22+,23+,24-,25+,27-,29-/m1/s1. The lowest BCUT2D eigenvalue weighted by Gasteiger charge is -2.24. The summed E-state index contributed by atoms with van der Waals surface area (Å²) >= 11 is 0. The first-order valence-corrected chi connectivity index (χ1v) is 12.8. The van der Waals surface area contributed by atoms with Crippen molar-refractivity contribution in [1.29, 1.82) is 0 Å². The summed E-state index contributed by atoms with van der Waals surface area (Å²) in [4.78, 5) is 24.2. The Morgan fingerprint density at radius 1 is 1.15 bits per heavy atom. The molecule has 0 radical (unpaired) electrons. The van der Waals surface area contributed by atoms with Crippen molar-refractivity contribution in [3.63, 3.8) is 0 Å². The van der Waals surface area contributed by atoms with Gasteiger partial charge in [-0.25, -0.2) is 4.79 Å². The molecule has 4 heteroatoms. The molecule has 0 spiro atoms. The smallest absolute Gasteiger partial charge is 0.331 e. The van der Waals surface area contributed by atoms with Gasteiger partial charge in [-0.3, -0.25) is 4.79 Å². The molecule has 0 saturated carbocycles. The predicted molar refractivity (Wildman–Crippen MR) is 141 cm³/mol. The molecule has 190 valence electrons. The Bertz CT molecular complexity index is 814. The number of ether oxygens (including phenoxy) is 1. The van der Waals surface area contributed by atoms with E-state index in [1.54, 1.807) is 0 Å². The topological polar surface area (TPSA) is 63.6 Å². The van der Waals surface area contributed by atoms with E-state index in [1.165, 1.54) is 11.6 Å². The van der Waals surface area contributed by atoms with Gasteiger partial charge in [0.05, 0.1) is 6.10 Å². The predicted octanol–water partition coefficient (Wildman–Crippen LogP) is 6.77. The second kappa shape index (κ2) is 14.9. The molecule has 0 bridgehead atoms. The van der Waals surface area contributed by atoms with Crippen LogP contribution in [0.2, 0.25) is 0 Å². The van der Waals surface area contributed by atoms with Crippen LogP contribution in [-0.4, -0.2) is 29.1 Å². The molecule has 0 fully saturated rings. The number of hydrogen-bond donors (Lipinski definition) is 1. The van der Waals surface area contributed by atoms with Crippen molar-refractivity contribution in [2.45, 2.75) is 86.9 Å². The van der Waals surface area contributed by atoms with Gasteiger partial charge in [-0.15, -0.1) is 0 Å². The number of hydrogen-bond acceptors (Lipinski definition) is 4. The molecule has 1 aliphatic heterocycles. The highest BCUT2D eigenvalue weighted by atomic mass is 16.5. The third kappa shape index (κ3) is 9.97. The lowest BCUT2D eigenvalue weighted by Crippen LogP contribution is -2.33. The first-order valence-electron chi connectivity index (χ1n) is 12.8. The second-order valence-electron chi connectivity index (χ2n) is 9.96. The maximum atomic E-state index is 12.7. The van der Waals surface area contributed by atoms with Gasteiger partial charge in [0, 0.05) is 23.8 Å². The van der Waals surface area contributed by atoms with E-state index < -0.39 is 6.10 Å². The van der Waals surface area contributed by atoms with Crippen molar-refractivity contribution in [3.05, 3.63) is 59.8 Å². The van der Waals surface area contributed by atoms with E-state index in [-0.39, 0.29) is 41.5 Å². The molecule has 0 aromatic carbocycles. The van der Waals surface area contributed by atoms with Crippen LogP contribution in [0.5, 0.6) is 0 Å². The highest BCUT2D eigenvalue weighted by molar-refractivity contribution is 5.85. The van der Waals surface area contributed by atoms with Crippen LogP contribution in [0.4, 0.5) is 0 Å². The number of cyclic esters (lactones) is 1. The summed E-state index contributed by atoms with van der Waals surface area (Å²) in [7, 11) is 0. The fourth-order valence-electron chi connectivity index (χ4n) is 4.10. The monoisotopic (exact) mass is 470 g/mol. The van der Waals surface area contributed by atoms with E-state index in [0.29, 0.717) is 5.92 Å². The number of aliphatic hydroxyl groups is 1. The minimum Gasteiger partial charge on any atom is -0.454 e. The molecule has 7 atom stereocenters. The van der Waals surface area contributed by atoms with Gasteiger partial charge in [0.2, 0.25) is 0 Å². The third-order valence-corrected chi connectivity index (χ3v) is 6.75. The van der Waals surface area contributed by atoms with E-state index in [9.17, 15) is 14.7 Å². The van der Waals surface area contributed by atoms with Gasteiger partial charge in [0.1, 0.15) is 11.9 Å². The molecule has 34 heavy (non-hydrogen) atoms. The second-order valence-corrected chi connectivity index (χ2v) is 9.96. The summed E-state index contributed by atoms with van der Waals surface area (Å²) in [5.74, 6) is -0.124. The minimum atomic E-state index is -0.594. The van der Waals surface area contributed by atoms with Crippen LogP contribution < -0.4 is 0 Å². The van der Waals surface area contributed by atoms with E-state index >= 15 is 0 Å². The quantitative estimate of drug-likeness (QED) is 0.238. The molecule has 0 saturated heterocycles. The summed E-state index contributed by atoms with van der Waals surface area (Å²) in [5.41, 5.74) is 2.28. The number of carbonyl (C=O) groups excluding carboxylic acids is 2. The van der Waals surface area contributed by atoms with Crippen molar-refractivity contribution < 1.29 is 19.4 Å². The molecule has 1 rings (SSSR count). The van der Waals surface area contributed by atoms with E-state index in [4.69, 9.17) is 4.74 Å². The summed E-state index contributed by atoms with van der Waals surface area (Å²) < 4.78 is 5.39. The Kier molecular flexibility index (Phi) is 13.1. The summed E-state index contributed by atoms with van der Waals surface area (Å²) in [5, 5.41) is 10.4. The van der Waals surface area contributed by atoms with Gasteiger partial charge in [-0.1, -0.05) is 102 Å². The number of carbonyl (C=O) groups is 2. The Hall–Kier alpha value is -2.20. The molecule has 1 N–H and O–H groups in total. The molecular formula is C30H46O4. The van der Waals surface area contributed by atoms with Gasteiger partial charge in [-0.2, -0.15) is 0 Å². The van der Waals surface area contributed by atoms with Gasteiger partial charge < -0.3 is 9.84 Å². The van der Waals surface area contributed by atoms with Gasteiger partial charge in [0.25, 0.3) is 0 Å². The van der Waals surface area contributed by atoms with Crippen molar-refractivity contribution in [2.75, 3.05) is 0 Å². The van der Waals surface area contributed by atoms with Crippen LogP contribution >= 0.6 is 0 Å².